The predicted molar refractivity (Wildman–Crippen MR) is 85.3 cm³/mol. The molecule has 0 saturated heterocycles. The van der Waals surface area contributed by atoms with Crippen LogP contribution in [-0.4, -0.2) is 32.1 Å². The van der Waals surface area contributed by atoms with Crippen molar-refractivity contribution in [3.05, 3.63) is 71.7 Å². The Morgan fingerprint density at radius 2 is 1.65 bits per heavy atom. The number of hydrogen-bond donors (Lipinski definition) is 0. The predicted octanol–water partition coefficient (Wildman–Crippen LogP) is 2.56. The van der Waals surface area contributed by atoms with E-state index in [9.17, 15) is 9.59 Å². The molecular weight excluding hydrogens is 290 g/mol. The van der Waals surface area contributed by atoms with Crippen LogP contribution in [0.25, 0.3) is 5.65 Å². The van der Waals surface area contributed by atoms with Crippen molar-refractivity contribution in [3.63, 3.8) is 0 Å². The van der Waals surface area contributed by atoms with Gasteiger partial charge in [0.15, 0.2) is 0 Å². The lowest BCUT2D eigenvalue weighted by Gasteiger charge is -2.21. The maximum absolute atomic E-state index is 12.5. The smallest absolute Gasteiger partial charge is 0.261 e. The molecule has 114 valence electrons. The van der Waals surface area contributed by atoms with Gasteiger partial charge in [-0.1, -0.05) is 18.2 Å². The summed E-state index contributed by atoms with van der Waals surface area (Å²) in [7, 11) is 0. The van der Waals surface area contributed by atoms with Gasteiger partial charge in [-0.3, -0.25) is 14.5 Å². The monoisotopic (exact) mass is 305 g/mol. The molecule has 0 fully saturated rings. The first-order valence-electron chi connectivity index (χ1n) is 7.54. The molecular formula is C18H15N3O2. The number of carbonyl (C=O) groups is 2. The van der Waals surface area contributed by atoms with Gasteiger partial charge in [-0.25, -0.2) is 4.98 Å². The number of imidazole rings is 1. The van der Waals surface area contributed by atoms with Crippen LogP contribution < -0.4 is 0 Å². The number of amides is 2. The number of rotatable bonds is 3. The fraction of sp³-hybridized carbons (Fsp3) is 0.167. The largest absolute Gasteiger partial charge is 0.307 e. The Labute approximate surface area is 133 Å². The summed E-state index contributed by atoms with van der Waals surface area (Å²) in [4.78, 5) is 30.9. The van der Waals surface area contributed by atoms with Gasteiger partial charge in [-0.05, 0) is 31.2 Å². The van der Waals surface area contributed by atoms with E-state index in [2.05, 4.69) is 4.98 Å². The molecule has 0 radical (unpaired) electrons. The van der Waals surface area contributed by atoms with Crippen molar-refractivity contribution in [1.82, 2.24) is 14.3 Å². The number of aromatic nitrogens is 2. The van der Waals surface area contributed by atoms with Crippen LogP contribution in [0.15, 0.2) is 54.9 Å². The van der Waals surface area contributed by atoms with Crippen molar-refractivity contribution in [2.45, 2.75) is 19.4 Å². The van der Waals surface area contributed by atoms with Gasteiger partial charge in [0, 0.05) is 24.9 Å². The molecule has 2 amide bonds. The molecule has 2 aromatic heterocycles. The average Bonchev–Trinajstić information content (AvgIpc) is 3.07. The highest BCUT2D eigenvalue weighted by atomic mass is 16.2. The summed E-state index contributed by atoms with van der Waals surface area (Å²) in [6.07, 6.45) is 4.40. The Bertz CT molecular complexity index is 861. The molecule has 0 N–H and O–H groups in total. The first kappa shape index (κ1) is 13.7. The zero-order chi connectivity index (χ0) is 16.0. The maximum Gasteiger partial charge on any atom is 0.261 e. The molecule has 1 unspecified atom stereocenters. The zero-order valence-corrected chi connectivity index (χ0v) is 12.6. The Balaban J connectivity index is 1.61. The Hall–Kier alpha value is -2.95. The highest BCUT2D eigenvalue weighted by molar-refractivity contribution is 6.21. The van der Waals surface area contributed by atoms with Crippen LogP contribution in [-0.2, 0) is 6.42 Å². The van der Waals surface area contributed by atoms with E-state index in [1.807, 2.05) is 41.9 Å². The summed E-state index contributed by atoms with van der Waals surface area (Å²) >= 11 is 0. The SMILES string of the molecule is CC(Cc1cn2ccccc2n1)N1C(=O)c2ccccc2C1=O. The van der Waals surface area contributed by atoms with E-state index in [1.54, 1.807) is 24.3 Å². The fourth-order valence-corrected chi connectivity index (χ4v) is 3.09. The first-order valence-corrected chi connectivity index (χ1v) is 7.54. The van der Waals surface area contributed by atoms with Crippen molar-refractivity contribution in [3.8, 4) is 0 Å². The molecule has 4 rings (SSSR count). The first-order chi connectivity index (χ1) is 11.1. The van der Waals surface area contributed by atoms with Crippen LogP contribution in [0, 0.1) is 0 Å². The molecule has 23 heavy (non-hydrogen) atoms. The van der Waals surface area contributed by atoms with Gasteiger partial charge in [-0.15, -0.1) is 0 Å². The normalized spacial score (nSPS) is 15.3. The van der Waals surface area contributed by atoms with Gasteiger partial charge in [0.2, 0.25) is 0 Å². The zero-order valence-electron chi connectivity index (χ0n) is 12.6. The van der Waals surface area contributed by atoms with Gasteiger partial charge in [-0.2, -0.15) is 0 Å². The van der Waals surface area contributed by atoms with Gasteiger partial charge in [0.05, 0.1) is 16.8 Å². The second-order valence-electron chi connectivity index (χ2n) is 5.78. The van der Waals surface area contributed by atoms with E-state index in [0.717, 1.165) is 11.3 Å². The van der Waals surface area contributed by atoms with Crippen molar-refractivity contribution < 1.29 is 9.59 Å². The minimum Gasteiger partial charge on any atom is -0.307 e. The third-order valence-electron chi connectivity index (χ3n) is 4.18. The molecule has 0 spiro atoms. The van der Waals surface area contributed by atoms with Crippen molar-refractivity contribution in [2.24, 2.45) is 0 Å². The Morgan fingerprint density at radius 1 is 1.00 bits per heavy atom. The van der Waals surface area contributed by atoms with Gasteiger partial charge in [0.25, 0.3) is 11.8 Å². The average molecular weight is 305 g/mol. The summed E-state index contributed by atoms with van der Waals surface area (Å²) in [5.41, 5.74) is 2.69. The Kier molecular flexibility index (Phi) is 3.01. The van der Waals surface area contributed by atoms with Crippen LogP contribution in [0.4, 0.5) is 0 Å². The maximum atomic E-state index is 12.5. The fourth-order valence-electron chi connectivity index (χ4n) is 3.09. The van der Waals surface area contributed by atoms with Crippen LogP contribution in [0.2, 0.25) is 0 Å². The molecule has 5 nitrogen and oxygen atoms in total. The quantitative estimate of drug-likeness (QED) is 0.699. The van der Waals surface area contributed by atoms with E-state index in [0.29, 0.717) is 17.5 Å². The lowest BCUT2D eigenvalue weighted by molar-refractivity contribution is 0.0596. The van der Waals surface area contributed by atoms with E-state index < -0.39 is 0 Å². The summed E-state index contributed by atoms with van der Waals surface area (Å²) in [6.45, 7) is 1.88. The van der Waals surface area contributed by atoms with Gasteiger partial charge < -0.3 is 4.40 Å². The number of hydrogen-bond acceptors (Lipinski definition) is 3. The van der Waals surface area contributed by atoms with Crippen molar-refractivity contribution >= 4 is 17.5 Å². The van der Waals surface area contributed by atoms with Gasteiger partial charge in [0.1, 0.15) is 5.65 Å². The van der Waals surface area contributed by atoms with Crippen LogP contribution in [0.1, 0.15) is 33.3 Å². The van der Waals surface area contributed by atoms with Crippen LogP contribution >= 0.6 is 0 Å². The molecule has 1 aliphatic heterocycles. The molecule has 0 bridgehead atoms. The standard InChI is InChI=1S/C18H15N3O2/c1-12(10-13-11-20-9-5-4-8-16(20)19-13)21-17(22)14-6-2-3-7-15(14)18(21)23/h2-9,11-12H,10H2,1H3. The molecule has 3 aromatic rings. The number of imide groups is 1. The topological polar surface area (TPSA) is 54.7 Å². The lowest BCUT2D eigenvalue weighted by atomic mass is 10.1. The molecule has 0 saturated carbocycles. The molecule has 0 aliphatic carbocycles. The number of carbonyl (C=O) groups excluding carboxylic acids is 2. The summed E-state index contributed by atoms with van der Waals surface area (Å²) in [6, 6.07) is 12.5. The third-order valence-corrected chi connectivity index (χ3v) is 4.18. The molecule has 1 atom stereocenters. The van der Waals surface area contributed by atoms with E-state index in [-0.39, 0.29) is 17.9 Å². The van der Waals surface area contributed by atoms with Crippen LogP contribution in [0.5, 0.6) is 0 Å². The van der Waals surface area contributed by atoms with Gasteiger partial charge >= 0.3 is 0 Å². The minimum absolute atomic E-state index is 0.220. The number of fused-ring (bicyclic) bond motifs is 2. The third kappa shape index (κ3) is 2.12. The van der Waals surface area contributed by atoms with E-state index >= 15 is 0 Å². The number of nitrogens with zero attached hydrogens (tertiary/aromatic N) is 3. The van der Waals surface area contributed by atoms with Crippen molar-refractivity contribution in [1.29, 1.82) is 0 Å². The number of pyridine rings is 1. The molecule has 1 aliphatic rings. The van der Waals surface area contributed by atoms with Crippen LogP contribution in [0.3, 0.4) is 0 Å². The summed E-state index contributed by atoms with van der Waals surface area (Å²) < 4.78 is 1.93. The summed E-state index contributed by atoms with van der Waals surface area (Å²) in [5.74, 6) is -0.441. The lowest BCUT2D eigenvalue weighted by Crippen LogP contribution is -2.39. The van der Waals surface area contributed by atoms with Crippen molar-refractivity contribution in [2.75, 3.05) is 0 Å². The van der Waals surface area contributed by atoms with E-state index in [4.69, 9.17) is 0 Å². The number of benzene rings is 1. The van der Waals surface area contributed by atoms with E-state index in [1.165, 1.54) is 4.90 Å². The minimum atomic E-state index is -0.243. The molecule has 1 aromatic carbocycles. The molecule has 5 heteroatoms. The molecule has 3 heterocycles. The highest BCUT2D eigenvalue weighted by Crippen LogP contribution is 2.25. The second kappa shape index (κ2) is 5.05. The highest BCUT2D eigenvalue weighted by Gasteiger charge is 2.38. The Morgan fingerprint density at radius 3 is 2.30 bits per heavy atom. The second-order valence-corrected chi connectivity index (χ2v) is 5.78. The summed E-state index contributed by atoms with van der Waals surface area (Å²) in [5, 5.41) is 0.